The summed E-state index contributed by atoms with van der Waals surface area (Å²) in [5.74, 6) is 0.590. The quantitative estimate of drug-likeness (QED) is 0.664. The van der Waals surface area contributed by atoms with Gasteiger partial charge in [0.1, 0.15) is 0 Å². The van der Waals surface area contributed by atoms with Crippen LogP contribution in [0.25, 0.3) is 0 Å². The molecule has 1 aromatic heterocycles. The summed E-state index contributed by atoms with van der Waals surface area (Å²) >= 11 is 0. The van der Waals surface area contributed by atoms with Crippen molar-refractivity contribution in [1.29, 1.82) is 0 Å². The molecule has 0 saturated carbocycles. The summed E-state index contributed by atoms with van der Waals surface area (Å²) in [7, 11) is -0.726. The van der Waals surface area contributed by atoms with Crippen LogP contribution in [0.3, 0.4) is 0 Å². The molecule has 0 bridgehead atoms. The zero-order valence-corrected chi connectivity index (χ0v) is 15.4. The van der Waals surface area contributed by atoms with Gasteiger partial charge in [-0.3, -0.25) is 0 Å². The van der Waals surface area contributed by atoms with Crippen LogP contribution in [0.4, 0.5) is 0 Å². The molecule has 0 radical (unpaired) electrons. The lowest BCUT2D eigenvalue weighted by atomic mass is 10.1. The Labute approximate surface area is 145 Å². The topological polar surface area (TPSA) is 25.8 Å². The number of nitrogens with zero attached hydrogens (tertiary/aromatic N) is 2. The lowest BCUT2D eigenvalue weighted by molar-refractivity contribution is 0.635. The minimum atomic E-state index is -0.726. The Morgan fingerprint density at radius 3 is 1.88 bits per heavy atom. The Morgan fingerprint density at radius 1 is 0.833 bits per heavy atom. The molecular formula is C21H23N2P. The molecule has 24 heavy (non-hydrogen) atoms. The van der Waals surface area contributed by atoms with Gasteiger partial charge in [-0.05, 0) is 35.9 Å². The smallest absolute Gasteiger partial charge is 0.160 e. The first-order chi connectivity index (χ1) is 11.6. The number of rotatable bonds is 5. The summed E-state index contributed by atoms with van der Waals surface area (Å²) in [5, 5.41) is 2.58. The predicted octanol–water partition coefficient (Wildman–Crippen LogP) is 3.74. The largest absolute Gasteiger partial charge is 0.233 e. The van der Waals surface area contributed by atoms with Crippen molar-refractivity contribution >= 4 is 24.1 Å². The number of hydrogen-bond donors (Lipinski definition) is 0. The van der Waals surface area contributed by atoms with Gasteiger partial charge in [-0.2, -0.15) is 0 Å². The number of aromatic nitrogens is 2. The Morgan fingerprint density at radius 2 is 1.38 bits per heavy atom. The highest BCUT2D eigenvalue weighted by Gasteiger charge is 2.20. The van der Waals surface area contributed by atoms with Crippen LogP contribution >= 0.6 is 7.92 Å². The van der Waals surface area contributed by atoms with Crippen LogP contribution in [0, 0.1) is 12.8 Å². The molecule has 1 heterocycles. The monoisotopic (exact) mass is 334 g/mol. The molecule has 0 N–H and O–H groups in total. The lowest BCUT2D eigenvalue weighted by Gasteiger charge is -2.18. The molecule has 2 nitrogen and oxygen atoms in total. The SMILES string of the molecule is Cc1cc(CC(C)C)nc(P(c2ccccc2)c2ccccc2)n1. The van der Waals surface area contributed by atoms with E-state index < -0.39 is 7.92 Å². The van der Waals surface area contributed by atoms with E-state index in [-0.39, 0.29) is 0 Å². The van der Waals surface area contributed by atoms with Crippen molar-refractivity contribution in [3.05, 3.63) is 78.1 Å². The van der Waals surface area contributed by atoms with Crippen molar-refractivity contribution in [1.82, 2.24) is 9.97 Å². The van der Waals surface area contributed by atoms with Crippen LogP contribution in [0.15, 0.2) is 66.7 Å². The molecule has 3 rings (SSSR count). The van der Waals surface area contributed by atoms with Crippen LogP contribution < -0.4 is 16.2 Å². The molecule has 3 aromatic rings. The minimum absolute atomic E-state index is 0.590. The van der Waals surface area contributed by atoms with E-state index in [1.165, 1.54) is 10.6 Å². The first kappa shape index (κ1) is 16.8. The maximum Gasteiger partial charge on any atom is 0.160 e. The summed E-state index contributed by atoms with van der Waals surface area (Å²) in [6, 6.07) is 23.4. The predicted molar refractivity (Wildman–Crippen MR) is 104 cm³/mol. The summed E-state index contributed by atoms with van der Waals surface area (Å²) in [6.45, 7) is 6.53. The van der Waals surface area contributed by atoms with E-state index in [1.807, 2.05) is 0 Å². The highest BCUT2D eigenvalue weighted by molar-refractivity contribution is 7.79. The Balaban J connectivity index is 2.11. The van der Waals surface area contributed by atoms with Crippen molar-refractivity contribution in [2.24, 2.45) is 5.92 Å². The van der Waals surface area contributed by atoms with Gasteiger partial charge in [-0.25, -0.2) is 9.97 Å². The summed E-state index contributed by atoms with van der Waals surface area (Å²) in [4.78, 5) is 9.76. The maximum absolute atomic E-state index is 4.94. The van der Waals surface area contributed by atoms with E-state index in [0.717, 1.165) is 23.4 Å². The van der Waals surface area contributed by atoms with Crippen molar-refractivity contribution in [3.8, 4) is 0 Å². The van der Waals surface area contributed by atoms with Crippen LogP contribution in [0.2, 0.25) is 0 Å². The molecule has 0 fully saturated rings. The molecule has 2 aromatic carbocycles. The molecular weight excluding hydrogens is 311 g/mol. The van der Waals surface area contributed by atoms with Crippen molar-refractivity contribution in [2.75, 3.05) is 0 Å². The average molecular weight is 334 g/mol. The lowest BCUT2D eigenvalue weighted by Crippen LogP contribution is -2.26. The first-order valence-corrected chi connectivity index (χ1v) is 9.72. The fourth-order valence-electron chi connectivity index (χ4n) is 2.77. The van der Waals surface area contributed by atoms with Gasteiger partial charge >= 0.3 is 0 Å². The normalized spacial score (nSPS) is 11.2. The third kappa shape index (κ3) is 4.07. The van der Waals surface area contributed by atoms with E-state index in [9.17, 15) is 0 Å². The number of hydrogen-bond acceptors (Lipinski definition) is 2. The second kappa shape index (κ2) is 7.68. The van der Waals surface area contributed by atoms with Gasteiger partial charge in [0, 0.05) is 19.3 Å². The molecule has 0 spiro atoms. The second-order valence-corrected chi connectivity index (χ2v) is 8.51. The first-order valence-electron chi connectivity index (χ1n) is 8.38. The van der Waals surface area contributed by atoms with Gasteiger partial charge < -0.3 is 0 Å². The van der Waals surface area contributed by atoms with Crippen LogP contribution in [0.1, 0.15) is 25.2 Å². The van der Waals surface area contributed by atoms with E-state index in [1.54, 1.807) is 0 Å². The van der Waals surface area contributed by atoms with Crippen molar-refractivity contribution < 1.29 is 0 Å². The zero-order chi connectivity index (χ0) is 16.9. The van der Waals surface area contributed by atoms with Crippen LogP contribution in [-0.4, -0.2) is 9.97 Å². The van der Waals surface area contributed by atoms with Crippen LogP contribution in [0.5, 0.6) is 0 Å². The fraction of sp³-hybridized carbons (Fsp3) is 0.238. The van der Waals surface area contributed by atoms with Crippen molar-refractivity contribution in [3.63, 3.8) is 0 Å². The van der Waals surface area contributed by atoms with E-state index in [2.05, 4.69) is 87.5 Å². The Kier molecular flexibility index (Phi) is 5.37. The van der Waals surface area contributed by atoms with E-state index in [0.29, 0.717) is 5.92 Å². The maximum atomic E-state index is 4.94. The van der Waals surface area contributed by atoms with Gasteiger partial charge in [0.05, 0.1) is 0 Å². The second-order valence-electron chi connectivity index (χ2n) is 6.41. The number of benzene rings is 2. The molecule has 0 unspecified atom stereocenters. The molecule has 0 aliphatic rings. The molecule has 3 heteroatoms. The van der Waals surface area contributed by atoms with Crippen molar-refractivity contribution in [2.45, 2.75) is 27.2 Å². The standard InChI is InChI=1S/C21H23N2P/c1-16(2)14-18-15-17(3)22-21(23-18)24(19-10-6-4-7-11-19)20-12-8-5-9-13-20/h4-13,15-16H,14H2,1-3H3. The Hall–Kier alpha value is -2.05. The van der Waals surface area contributed by atoms with Crippen LogP contribution in [-0.2, 0) is 6.42 Å². The fourth-order valence-corrected chi connectivity index (χ4v) is 4.96. The van der Waals surface area contributed by atoms with Gasteiger partial charge in [0.25, 0.3) is 0 Å². The highest BCUT2D eigenvalue weighted by Crippen LogP contribution is 2.31. The van der Waals surface area contributed by atoms with Gasteiger partial charge in [-0.15, -0.1) is 0 Å². The molecule has 122 valence electrons. The van der Waals surface area contributed by atoms with Gasteiger partial charge in [-0.1, -0.05) is 74.5 Å². The van der Waals surface area contributed by atoms with Gasteiger partial charge in [0.2, 0.25) is 0 Å². The summed E-state index contributed by atoms with van der Waals surface area (Å²) < 4.78 is 0. The molecule has 0 amide bonds. The van der Waals surface area contributed by atoms with E-state index >= 15 is 0 Å². The zero-order valence-electron chi connectivity index (χ0n) is 14.5. The molecule has 0 aliphatic heterocycles. The number of aryl methyl sites for hydroxylation is 1. The third-order valence-electron chi connectivity index (χ3n) is 3.74. The third-order valence-corrected chi connectivity index (χ3v) is 5.97. The Bertz CT molecular complexity index is 746. The van der Waals surface area contributed by atoms with E-state index in [4.69, 9.17) is 9.97 Å². The molecule has 0 aliphatic carbocycles. The summed E-state index contributed by atoms with van der Waals surface area (Å²) in [6.07, 6.45) is 0.989. The molecule has 0 saturated heterocycles. The average Bonchev–Trinajstić information content (AvgIpc) is 2.56. The van der Waals surface area contributed by atoms with Gasteiger partial charge in [0.15, 0.2) is 5.57 Å². The summed E-state index contributed by atoms with van der Waals surface area (Å²) in [5.41, 5.74) is 3.15. The molecule has 0 atom stereocenters. The minimum Gasteiger partial charge on any atom is -0.233 e. The highest BCUT2D eigenvalue weighted by atomic mass is 31.1.